The number of thiophene rings is 1. The van der Waals surface area contributed by atoms with Gasteiger partial charge in [0.05, 0.1) is 10.9 Å². The number of carbonyl (C=O) groups is 1. The van der Waals surface area contributed by atoms with E-state index in [9.17, 15) is 13.2 Å². The number of rotatable bonds is 8. The fourth-order valence-corrected chi connectivity index (χ4v) is 5.85. The average Bonchev–Trinajstić information content (AvgIpc) is 3.16. The van der Waals surface area contributed by atoms with Crippen molar-refractivity contribution < 1.29 is 17.9 Å². The third-order valence-corrected chi connectivity index (χ3v) is 7.65. The van der Waals surface area contributed by atoms with Gasteiger partial charge < -0.3 is 10.1 Å². The van der Waals surface area contributed by atoms with Crippen LogP contribution >= 0.6 is 27.3 Å². The highest BCUT2D eigenvalue weighted by molar-refractivity contribution is 9.11. The lowest BCUT2D eigenvalue weighted by atomic mass is 10.1. The normalized spacial score (nSPS) is 12.3. The molecule has 152 valence electrons. The molecule has 0 aliphatic rings. The first-order valence-corrected chi connectivity index (χ1v) is 11.7. The van der Waals surface area contributed by atoms with E-state index < -0.39 is 22.0 Å². The van der Waals surface area contributed by atoms with Gasteiger partial charge in [-0.2, -0.15) is 4.72 Å². The largest absolute Gasteiger partial charge is 0.497 e. The summed E-state index contributed by atoms with van der Waals surface area (Å²) in [5, 5.41) is 2.77. The van der Waals surface area contributed by atoms with Crippen molar-refractivity contribution >= 4 is 48.9 Å². The lowest BCUT2D eigenvalue weighted by Crippen LogP contribution is -2.45. The van der Waals surface area contributed by atoms with E-state index in [1.807, 2.05) is 30.3 Å². The highest BCUT2D eigenvalue weighted by Gasteiger charge is 2.27. The van der Waals surface area contributed by atoms with E-state index in [2.05, 4.69) is 26.0 Å². The SMILES string of the molecule is COc1ccc(NC(=O)[C@H](Cc2ccccc2)NS(=O)(=O)c2ccc(Br)s2)cc1. The second-order valence-electron chi connectivity index (χ2n) is 6.14. The monoisotopic (exact) mass is 494 g/mol. The van der Waals surface area contributed by atoms with Gasteiger partial charge in [0.15, 0.2) is 0 Å². The quantitative estimate of drug-likeness (QED) is 0.494. The molecule has 6 nitrogen and oxygen atoms in total. The van der Waals surface area contributed by atoms with E-state index >= 15 is 0 Å². The molecule has 0 spiro atoms. The van der Waals surface area contributed by atoms with Crippen LogP contribution in [0.2, 0.25) is 0 Å². The molecule has 29 heavy (non-hydrogen) atoms. The van der Waals surface area contributed by atoms with Gasteiger partial charge in [-0.25, -0.2) is 8.42 Å². The highest BCUT2D eigenvalue weighted by atomic mass is 79.9. The molecule has 1 amide bonds. The Labute approximate surface area is 182 Å². The van der Waals surface area contributed by atoms with Gasteiger partial charge in [0.1, 0.15) is 16.0 Å². The van der Waals surface area contributed by atoms with Gasteiger partial charge in [-0.15, -0.1) is 11.3 Å². The molecule has 0 radical (unpaired) electrons. The Morgan fingerprint density at radius 2 is 1.76 bits per heavy atom. The fourth-order valence-electron chi connectivity index (χ4n) is 2.63. The van der Waals surface area contributed by atoms with E-state index in [-0.39, 0.29) is 10.6 Å². The zero-order chi connectivity index (χ0) is 20.9. The van der Waals surface area contributed by atoms with Crippen LogP contribution in [0.3, 0.4) is 0 Å². The highest BCUT2D eigenvalue weighted by Crippen LogP contribution is 2.26. The Balaban J connectivity index is 1.82. The molecule has 0 unspecified atom stereocenters. The van der Waals surface area contributed by atoms with Crippen molar-refractivity contribution in [2.24, 2.45) is 0 Å². The van der Waals surface area contributed by atoms with Gasteiger partial charge in [0.25, 0.3) is 10.0 Å². The molecule has 0 fully saturated rings. The number of amides is 1. The second-order valence-corrected chi connectivity index (χ2v) is 10.5. The molecule has 0 saturated heterocycles. The smallest absolute Gasteiger partial charge is 0.250 e. The van der Waals surface area contributed by atoms with Crippen LogP contribution in [-0.4, -0.2) is 27.5 Å². The summed E-state index contributed by atoms with van der Waals surface area (Å²) in [4.78, 5) is 12.9. The molecular formula is C20H19BrN2O4S2. The lowest BCUT2D eigenvalue weighted by Gasteiger charge is -2.18. The van der Waals surface area contributed by atoms with E-state index in [4.69, 9.17) is 4.74 Å². The maximum atomic E-state index is 12.9. The lowest BCUT2D eigenvalue weighted by molar-refractivity contribution is -0.117. The molecule has 2 aromatic carbocycles. The summed E-state index contributed by atoms with van der Waals surface area (Å²) < 4.78 is 34.0. The molecule has 1 heterocycles. The van der Waals surface area contributed by atoms with Crippen LogP contribution in [0.1, 0.15) is 5.56 Å². The molecule has 0 aliphatic carbocycles. The molecule has 1 atom stereocenters. The van der Waals surface area contributed by atoms with Crippen LogP contribution in [0.4, 0.5) is 5.69 Å². The van der Waals surface area contributed by atoms with Crippen LogP contribution < -0.4 is 14.8 Å². The van der Waals surface area contributed by atoms with Crippen LogP contribution in [0, 0.1) is 0 Å². The number of anilines is 1. The average molecular weight is 495 g/mol. The van der Waals surface area contributed by atoms with Crippen LogP contribution in [0.5, 0.6) is 5.75 Å². The van der Waals surface area contributed by atoms with Gasteiger partial charge in [0.2, 0.25) is 5.91 Å². The first kappa shape index (κ1) is 21.5. The Morgan fingerprint density at radius 3 is 2.34 bits per heavy atom. The molecule has 3 aromatic rings. The van der Waals surface area contributed by atoms with E-state index in [1.54, 1.807) is 37.4 Å². The summed E-state index contributed by atoms with van der Waals surface area (Å²) in [7, 11) is -2.29. The van der Waals surface area contributed by atoms with Crippen molar-refractivity contribution in [3.63, 3.8) is 0 Å². The van der Waals surface area contributed by atoms with E-state index in [0.29, 0.717) is 15.2 Å². The number of benzene rings is 2. The van der Waals surface area contributed by atoms with Crippen molar-refractivity contribution in [3.8, 4) is 5.75 Å². The third-order valence-electron chi connectivity index (χ3n) is 4.07. The Hall–Kier alpha value is -2.20. The number of methoxy groups -OCH3 is 1. The summed E-state index contributed by atoms with van der Waals surface area (Å²) in [5.41, 5.74) is 1.39. The first-order valence-electron chi connectivity index (χ1n) is 8.64. The zero-order valence-corrected chi connectivity index (χ0v) is 18.7. The van der Waals surface area contributed by atoms with Crippen LogP contribution in [0.25, 0.3) is 0 Å². The summed E-state index contributed by atoms with van der Waals surface area (Å²) in [6.07, 6.45) is 0.217. The molecule has 3 rings (SSSR count). The number of nitrogens with one attached hydrogen (secondary N) is 2. The maximum absolute atomic E-state index is 12.9. The van der Waals surface area contributed by atoms with Crippen LogP contribution in [0.15, 0.2) is 74.7 Å². The molecule has 0 bridgehead atoms. The molecule has 0 aliphatic heterocycles. The number of carbonyl (C=O) groups excluding carboxylic acids is 1. The number of hydrogen-bond acceptors (Lipinski definition) is 5. The van der Waals surface area contributed by atoms with Crippen molar-refractivity contribution in [1.82, 2.24) is 4.72 Å². The van der Waals surface area contributed by atoms with Gasteiger partial charge in [0, 0.05) is 5.69 Å². The van der Waals surface area contributed by atoms with Gasteiger partial charge >= 0.3 is 0 Å². The summed E-state index contributed by atoms with van der Waals surface area (Å²) in [6.45, 7) is 0. The first-order chi connectivity index (χ1) is 13.9. The minimum absolute atomic E-state index is 0.139. The maximum Gasteiger partial charge on any atom is 0.250 e. The third kappa shape index (κ3) is 5.89. The summed E-state index contributed by atoms with van der Waals surface area (Å²) >= 11 is 4.35. The van der Waals surface area contributed by atoms with E-state index in [1.165, 1.54) is 6.07 Å². The Morgan fingerprint density at radius 1 is 1.07 bits per heavy atom. The predicted molar refractivity (Wildman–Crippen MR) is 118 cm³/mol. The number of ether oxygens (including phenoxy) is 1. The Kier molecular flexibility index (Phi) is 7.07. The Bertz CT molecular complexity index is 1070. The van der Waals surface area contributed by atoms with Gasteiger partial charge in [-0.1, -0.05) is 30.3 Å². The molecule has 9 heteroatoms. The van der Waals surface area contributed by atoms with E-state index in [0.717, 1.165) is 16.9 Å². The van der Waals surface area contributed by atoms with Gasteiger partial charge in [-0.3, -0.25) is 4.79 Å². The van der Waals surface area contributed by atoms with Crippen molar-refractivity contribution in [1.29, 1.82) is 0 Å². The number of halogens is 1. The van der Waals surface area contributed by atoms with Crippen molar-refractivity contribution in [2.45, 2.75) is 16.7 Å². The topological polar surface area (TPSA) is 84.5 Å². The van der Waals surface area contributed by atoms with Crippen molar-refractivity contribution in [2.75, 3.05) is 12.4 Å². The number of sulfonamides is 1. The second kappa shape index (κ2) is 9.53. The fraction of sp³-hybridized carbons (Fsp3) is 0.150. The molecule has 0 saturated carbocycles. The standard InChI is InChI=1S/C20H19BrN2O4S2/c1-27-16-9-7-15(8-10-16)22-20(24)17(13-14-5-3-2-4-6-14)23-29(25,26)19-12-11-18(21)28-19/h2-12,17,23H,13H2,1H3,(H,22,24)/t17-/m0/s1. The molecule has 2 N–H and O–H groups in total. The summed E-state index contributed by atoms with van der Waals surface area (Å²) in [5.74, 6) is 0.214. The van der Waals surface area contributed by atoms with Gasteiger partial charge in [-0.05, 0) is 64.3 Å². The summed E-state index contributed by atoms with van der Waals surface area (Å²) in [6, 6.07) is 18.3. The zero-order valence-electron chi connectivity index (χ0n) is 15.5. The molecular weight excluding hydrogens is 476 g/mol. The number of hydrogen-bond donors (Lipinski definition) is 2. The molecule has 1 aromatic heterocycles. The predicted octanol–water partition coefficient (Wildman–Crippen LogP) is 4.05. The van der Waals surface area contributed by atoms with Crippen LogP contribution in [-0.2, 0) is 21.2 Å². The minimum Gasteiger partial charge on any atom is -0.497 e. The minimum atomic E-state index is -3.85. The van der Waals surface area contributed by atoms with Crippen molar-refractivity contribution in [3.05, 3.63) is 76.1 Å².